The highest BCUT2D eigenvalue weighted by molar-refractivity contribution is 7.88. The van der Waals surface area contributed by atoms with Crippen molar-refractivity contribution < 1.29 is 8.42 Å². The molecule has 0 aromatic heterocycles. The van der Waals surface area contributed by atoms with E-state index in [0.717, 1.165) is 24.0 Å². The molecule has 2 fully saturated rings. The molecule has 3 rings (SSSR count). The van der Waals surface area contributed by atoms with Gasteiger partial charge >= 0.3 is 0 Å². The fraction of sp³-hybridized carbons (Fsp3) is 0.667. The zero-order valence-corrected chi connectivity index (χ0v) is 14.9. The van der Waals surface area contributed by atoms with Gasteiger partial charge in [0, 0.05) is 19.1 Å². The van der Waals surface area contributed by atoms with Crippen molar-refractivity contribution in [3.63, 3.8) is 0 Å². The summed E-state index contributed by atoms with van der Waals surface area (Å²) < 4.78 is 27.1. The fourth-order valence-electron chi connectivity index (χ4n) is 3.83. The second-order valence-corrected chi connectivity index (χ2v) is 8.88. The van der Waals surface area contributed by atoms with Crippen LogP contribution in [-0.4, -0.2) is 49.8 Å². The van der Waals surface area contributed by atoms with Crippen molar-refractivity contribution in [2.75, 3.05) is 26.2 Å². The van der Waals surface area contributed by atoms with E-state index in [9.17, 15) is 8.42 Å². The molecule has 4 nitrogen and oxygen atoms in total. The SMILES string of the molecule is Cc1ccccc1CS(=O)(=O)N1CCC(N2CCCCC2)CC1. The molecule has 0 unspecified atom stereocenters. The third kappa shape index (κ3) is 4.14. The van der Waals surface area contributed by atoms with Gasteiger partial charge in [0.15, 0.2) is 0 Å². The molecule has 0 atom stereocenters. The summed E-state index contributed by atoms with van der Waals surface area (Å²) >= 11 is 0. The number of hydrogen-bond donors (Lipinski definition) is 0. The summed E-state index contributed by atoms with van der Waals surface area (Å²) in [6, 6.07) is 8.36. The quantitative estimate of drug-likeness (QED) is 0.849. The molecule has 0 aliphatic carbocycles. The average Bonchev–Trinajstić information content (AvgIpc) is 2.58. The standard InChI is InChI=1S/C18H28N2O2S/c1-16-7-3-4-8-17(16)15-23(21,22)20-13-9-18(10-14-20)19-11-5-2-6-12-19/h3-4,7-8,18H,2,5-6,9-15H2,1H3. The van der Waals surface area contributed by atoms with Crippen LogP contribution in [0.1, 0.15) is 43.2 Å². The molecule has 0 bridgehead atoms. The van der Waals surface area contributed by atoms with Crippen LogP contribution in [0.2, 0.25) is 0 Å². The summed E-state index contributed by atoms with van der Waals surface area (Å²) in [6.45, 7) is 5.72. The number of likely N-dealkylation sites (tertiary alicyclic amines) is 1. The normalized spacial score (nSPS) is 22.3. The Labute approximate surface area is 140 Å². The number of sulfonamides is 1. The molecule has 128 valence electrons. The van der Waals surface area contributed by atoms with Crippen LogP contribution < -0.4 is 0 Å². The third-order valence-electron chi connectivity index (χ3n) is 5.32. The van der Waals surface area contributed by atoms with E-state index in [1.54, 1.807) is 4.31 Å². The van der Waals surface area contributed by atoms with Crippen LogP contribution in [0.5, 0.6) is 0 Å². The summed E-state index contributed by atoms with van der Waals surface area (Å²) in [7, 11) is -3.20. The molecule has 23 heavy (non-hydrogen) atoms. The highest BCUT2D eigenvalue weighted by Crippen LogP contribution is 2.24. The van der Waals surface area contributed by atoms with Gasteiger partial charge in [-0.2, -0.15) is 0 Å². The van der Waals surface area contributed by atoms with Crippen molar-refractivity contribution >= 4 is 10.0 Å². The smallest absolute Gasteiger partial charge is 0.218 e. The van der Waals surface area contributed by atoms with Gasteiger partial charge in [0.1, 0.15) is 0 Å². The van der Waals surface area contributed by atoms with Crippen LogP contribution in [0, 0.1) is 6.92 Å². The Morgan fingerprint density at radius 2 is 1.65 bits per heavy atom. The Hall–Kier alpha value is -0.910. The number of nitrogens with zero attached hydrogens (tertiary/aromatic N) is 2. The second-order valence-electron chi connectivity index (χ2n) is 6.91. The second kappa shape index (κ2) is 7.32. The zero-order valence-electron chi connectivity index (χ0n) is 14.1. The number of benzene rings is 1. The van der Waals surface area contributed by atoms with Crippen LogP contribution in [0.4, 0.5) is 0 Å². The molecule has 2 heterocycles. The predicted octanol–water partition coefficient (Wildman–Crippen LogP) is 2.78. The van der Waals surface area contributed by atoms with E-state index in [-0.39, 0.29) is 5.75 Å². The minimum Gasteiger partial charge on any atom is -0.300 e. The Bertz CT molecular complexity index is 616. The van der Waals surface area contributed by atoms with Crippen LogP contribution in [-0.2, 0) is 15.8 Å². The van der Waals surface area contributed by atoms with E-state index < -0.39 is 10.0 Å². The van der Waals surface area contributed by atoms with Gasteiger partial charge in [-0.25, -0.2) is 12.7 Å². The lowest BCUT2D eigenvalue weighted by atomic mass is 10.0. The van der Waals surface area contributed by atoms with Gasteiger partial charge in [0.25, 0.3) is 0 Å². The Balaban J connectivity index is 1.59. The summed E-state index contributed by atoms with van der Waals surface area (Å²) in [5.74, 6) is 0.133. The Morgan fingerprint density at radius 1 is 1.00 bits per heavy atom. The summed E-state index contributed by atoms with van der Waals surface area (Å²) in [5, 5.41) is 0. The first-order chi connectivity index (χ1) is 11.1. The highest BCUT2D eigenvalue weighted by Gasteiger charge is 2.31. The maximum Gasteiger partial charge on any atom is 0.218 e. The average molecular weight is 337 g/mol. The van der Waals surface area contributed by atoms with Gasteiger partial charge in [-0.3, -0.25) is 0 Å². The van der Waals surface area contributed by atoms with Crippen LogP contribution >= 0.6 is 0 Å². The maximum absolute atomic E-state index is 12.7. The number of aryl methyl sites for hydroxylation is 1. The number of rotatable bonds is 4. The first kappa shape index (κ1) is 16.9. The molecule has 0 spiro atoms. The third-order valence-corrected chi connectivity index (χ3v) is 7.15. The van der Waals surface area contributed by atoms with Crippen molar-refractivity contribution in [3.8, 4) is 0 Å². The molecule has 0 radical (unpaired) electrons. The predicted molar refractivity (Wildman–Crippen MR) is 93.8 cm³/mol. The van der Waals surface area contributed by atoms with Gasteiger partial charge < -0.3 is 4.90 Å². The van der Waals surface area contributed by atoms with Crippen LogP contribution in [0.15, 0.2) is 24.3 Å². The minimum atomic E-state index is -3.20. The molecular weight excluding hydrogens is 308 g/mol. The summed E-state index contributed by atoms with van der Waals surface area (Å²) in [5.41, 5.74) is 1.98. The van der Waals surface area contributed by atoms with Crippen molar-refractivity contribution in [1.29, 1.82) is 0 Å². The van der Waals surface area contributed by atoms with E-state index in [1.165, 1.54) is 32.4 Å². The van der Waals surface area contributed by atoms with Crippen molar-refractivity contribution in [3.05, 3.63) is 35.4 Å². The monoisotopic (exact) mass is 336 g/mol. The van der Waals surface area contributed by atoms with E-state index in [0.29, 0.717) is 19.1 Å². The van der Waals surface area contributed by atoms with Crippen molar-refractivity contribution in [2.45, 2.75) is 50.8 Å². The van der Waals surface area contributed by atoms with Crippen molar-refractivity contribution in [2.24, 2.45) is 0 Å². The molecular formula is C18H28N2O2S. The molecule has 5 heteroatoms. The van der Waals surface area contributed by atoms with E-state index in [2.05, 4.69) is 4.90 Å². The van der Waals surface area contributed by atoms with E-state index in [1.807, 2.05) is 31.2 Å². The molecule has 2 aliphatic rings. The summed E-state index contributed by atoms with van der Waals surface area (Å²) in [6.07, 6.45) is 5.90. The van der Waals surface area contributed by atoms with Gasteiger partial charge in [-0.05, 0) is 56.8 Å². The Kier molecular flexibility index (Phi) is 5.39. The minimum absolute atomic E-state index is 0.133. The van der Waals surface area contributed by atoms with Crippen LogP contribution in [0.3, 0.4) is 0 Å². The lowest BCUT2D eigenvalue weighted by Gasteiger charge is -2.39. The maximum atomic E-state index is 12.7. The first-order valence-electron chi connectivity index (χ1n) is 8.83. The molecule has 2 saturated heterocycles. The van der Waals surface area contributed by atoms with Gasteiger partial charge in [0.05, 0.1) is 5.75 Å². The summed E-state index contributed by atoms with van der Waals surface area (Å²) in [4.78, 5) is 2.58. The topological polar surface area (TPSA) is 40.6 Å². The van der Waals surface area contributed by atoms with Gasteiger partial charge in [0.2, 0.25) is 10.0 Å². The Morgan fingerprint density at radius 3 is 2.30 bits per heavy atom. The van der Waals surface area contributed by atoms with Crippen LogP contribution in [0.25, 0.3) is 0 Å². The van der Waals surface area contributed by atoms with Gasteiger partial charge in [-0.1, -0.05) is 30.7 Å². The first-order valence-corrected chi connectivity index (χ1v) is 10.4. The van der Waals surface area contributed by atoms with Gasteiger partial charge in [-0.15, -0.1) is 0 Å². The zero-order chi connectivity index (χ0) is 16.3. The van der Waals surface area contributed by atoms with E-state index in [4.69, 9.17) is 0 Å². The molecule has 0 amide bonds. The fourth-order valence-corrected chi connectivity index (χ4v) is 5.50. The number of hydrogen-bond acceptors (Lipinski definition) is 3. The molecule has 2 aliphatic heterocycles. The number of piperidine rings is 2. The van der Waals surface area contributed by atoms with Crippen molar-refractivity contribution in [1.82, 2.24) is 9.21 Å². The molecule has 0 N–H and O–H groups in total. The molecule has 0 saturated carbocycles. The van der Waals surface area contributed by atoms with E-state index >= 15 is 0 Å². The highest BCUT2D eigenvalue weighted by atomic mass is 32.2. The molecule has 1 aromatic carbocycles. The lowest BCUT2D eigenvalue weighted by Crippen LogP contribution is -2.48. The largest absolute Gasteiger partial charge is 0.300 e. The lowest BCUT2D eigenvalue weighted by molar-refractivity contribution is 0.117. The molecule has 1 aromatic rings.